The molecule has 2 aromatic carbocycles. The molecule has 2 aliphatic heterocycles. The molecule has 14 nitrogen and oxygen atoms in total. The summed E-state index contributed by atoms with van der Waals surface area (Å²) < 4.78 is 35.7. The molecule has 2 fully saturated rings. The summed E-state index contributed by atoms with van der Waals surface area (Å²) in [5, 5.41) is 11.8. The highest BCUT2D eigenvalue weighted by Gasteiger charge is 2.37. The third kappa shape index (κ3) is 7.05. The fourth-order valence-electron chi connectivity index (χ4n) is 6.85. The molecule has 52 heavy (non-hydrogen) atoms. The number of likely N-dealkylation sites (tertiary alicyclic amines) is 2. The largest absolute Gasteiger partial charge is 0.465 e. The van der Waals surface area contributed by atoms with Gasteiger partial charge in [0.25, 0.3) is 0 Å². The van der Waals surface area contributed by atoms with Crippen LogP contribution in [0.1, 0.15) is 63.3 Å². The van der Waals surface area contributed by atoms with E-state index in [2.05, 4.69) is 30.0 Å². The number of imidazole rings is 2. The molecule has 4 N–H and O–H groups in total. The molecule has 0 bridgehead atoms. The van der Waals surface area contributed by atoms with Gasteiger partial charge in [0, 0.05) is 31.3 Å². The van der Waals surface area contributed by atoms with E-state index < -0.39 is 41.9 Å². The van der Waals surface area contributed by atoms with E-state index in [0.29, 0.717) is 55.3 Å². The number of hydrogen-bond acceptors (Lipinski definition) is 7. The first-order valence-electron chi connectivity index (χ1n) is 17.0. The summed E-state index contributed by atoms with van der Waals surface area (Å²) >= 11 is 0. The summed E-state index contributed by atoms with van der Waals surface area (Å²) in [4.78, 5) is 68.6. The van der Waals surface area contributed by atoms with Crippen LogP contribution in [0, 0.1) is 11.6 Å². The number of likely N-dealkylation sites (N-methyl/N-ethyl adjacent to an activating group) is 1. The number of alkyl carbamates (subject to hydrolysis) is 1. The summed E-state index contributed by atoms with van der Waals surface area (Å²) in [6.07, 6.45) is 3.90. The first-order valence-corrected chi connectivity index (χ1v) is 17.0. The third-order valence-electron chi connectivity index (χ3n) is 9.88. The highest BCUT2D eigenvalue weighted by Crippen LogP contribution is 2.36. The molecule has 2 aromatic heterocycles. The van der Waals surface area contributed by atoms with Crippen molar-refractivity contribution in [2.75, 3.05) is 27.2 Å². The minimum Gasteiger partial charge on any atom is -0.465 e. The summed E-state index contributed by atoms with van der Waals surface area (Å²) in [5.41, 5.74) is 2.18. The molecule has 2 aliphatic rings. The van der Waals surface area contributed by atoms with Gasteiger partial charge in [-0.3, -0.25) is 14.5 Å². The Bertz CT molecular complexity index is 1980. The fraction of sp³-hybridized carbons (Fsp3) is 0.389. The maximum absolute atomic E-state index is 15.6. The Morgan fingerprint density at radius 1 is 0.865 bits per heavy atom. The highest BCUT2D eigenvalue weighted by atomic mass is 19.1. The second-order valence-corrected chi connectivity index (χ2v) is 13.1. The standard InChI is InChI=1S/C36H40F2N8O6/c1-19(41-35(49)52-4)33(47)45-13-5-7-29(45)32-40-18-28(43-32)24-16-25(37)23(15-26(24)38)21-9-11-22(12-10-21)27-17-39-31(42-27)30-8-6-14-46(30)34(48)20(2)44(3)36(50)51/h9-12,15-20,29-30H,5-8,13-14H2,1-4H3,(H,39,42)(H,40,43)(H,41,49)(H,50,51)/t19-,20-,29-,30-/m0/s1. The molecular weight excluding hydrogens is 678 g/mol. The lowest BCUT2D eigenvalue weighted by molar-refractivity contribution is -0.136. The highest BCUT2D eigenvalue weighted by molar-refractivity contribution is 5.86. The second-order valence-electron chi connectivity index (χ2n) is 13.1. The van der Waals surface area contributed by atoms with E-state index in [-0.39, 0.29) is 34.7 Å². The zero-order valence-corrected chi connectivity index (χ0v) is 29.2. The number of aromatic amines is 2. The topological polar surface area (TPSA) is 177 Å². The number of carboxylic acid groups (broad SMARTS) is 1. The smallest absolute Gasteiger partial charge is 0.407 e. The lowest BCUT2D eigenvalue weighted by Crippen LogP contribution is -2.47. The number of hydrogen-bond donors (Lipinski definition) is 4. The van der Waals surface area contributed by atoms with Crippen molar-refractivity contribution >= 4 is 24.0 Å². The van der Waals surface area contributed by atoms with Crippen molar-refractivity contribution in [2.24, 2.45) is 0 Å². The van der Waals surface area contributed by atoms with Gasteiger partial charge in [0.1, 0.15) is 35.4 Å². The Balaban J connectivity index is 1.15. The first-order chi connectivity index (χ1) is 24.9. The van der Waals surface area contributed by atoms with Crippen LogP contribution in [0.5, 0.6) is 0 Å². The van der Waals surface area contributed by atoms with Crippen molar-refractivity contribution in [3.8, 4) is 33.6 Å². The fourth-order valence-corrected chi connectivity index (χ4v) is 6.85. The SMILES string of the molecule is COC(=O)N[C@@H](C)C(=O)N1CCC[C@H]1c1ncc(-c2cc(F)c(-c3ccc(-c4cnc([C@@H]5CCCN5C(=O)[C@H](C)N(C)C(=O)O)[nH]4)cc3)cc2F)[nH]1. The molecule has 0 saturated carbocycles. The van der Waals surface area contributed by atoms with Crippen LogP contribution >= 0.6 is 0 Å². The molecule has 0 spiro atoms. The Hall–Kier alpha value is -5.80. The number of H-pyrrole nitrogens is 2. The molecule has 6 rings (SSSR count). The minimum atomic E-state index is -1.18. The van der Waals surface area contributed by atoms with Crippen molar-refractivity contribution in [2.45, 2.75) is 63.7 Å². The van der Waals surface area contributed by atoms with Gasteiger partial charge in [-0.15, -0.1) is 0 Å². The molecule has 4 aromatic rings. The van der Waals surface area contributed by atoms with Crippen molar-refractivity contribution in [3.63, 3.8) is 0 Å². The summed E-state index contributed by atoms with van der Waals surface area (Å²) in [7, 11) is 2.58. The van der Waals surface area contributed by atoms with Crippen LogP contribution in [-0.2, 0) is 14.3 Å². The normalized spacial score (nSPS) is 18.3. The lowest BCUT2D eigenvalue weighted by atomic mass is 10.00. The van der Waals surface area contributed by atoms with Crippen LogP contribution in [0.15, 0.2) is 48.8 Å². The van der Waals surface area contributed by atoms with Crippen LogP contribution in [0.25, 0.3) is 33.6 Å². The van der Waals surface area contributed by atoms with Crippen molar-refractivity contribution in [3.05, 3.63) is 72.1 Å². The van der Waals surface area contributed by atoms with Gasteiger partial charge >= 0.3 is 12.2 Å². The van der Waals surface area contributed by atoms with E-state index in [1.54, 1.807) is 54.1 Å². The minimum absolute atomic E-state index is 0.0124. The van der Waals surface area contributed by atoms with E-state index in [9.17, 15) is 24.3 Å². The van der Waals surface area contributed by atoms with Crippen LogP contribution < -0.4 is 5.32 Å². The summed E-state index contributed by atoms with van der Waals surface area (Å²) in [6.45, 7) is 4.07. The Kier molecular flexibility index (Phi) is 10.3. The monoisotopic (exact) mass is 718 g/mol. The van der Waals surface area contributed by atoms with Crippen molar-refractivity contribution in [1.29, 1.82) is 0 Å². The molecule has 0 aliphatic carbocycles. The molecule has 2 saturated heterocycles. The molecule has 4 amide bonds. The Labute approximate surface area is 298 Å². The number of halogens is 2. The number of rotatable bonds is 9. The van der Waals surface area contributed by atoms with E-state index >= 15 is 8.78 Å². The number of ether oxygens (including phenoxy) is 1. The van der Waals surface area contributed by atoms with Gasteiger partial charge in [-0.2, -0.15) is 0 Å². The average Bonchev–Trinajstić information content (AvgIpc) is 3.97. The predicted molar refractivity (Wildman–Crippen MR) is 185 cm³/mol. The van der Waals surface area contributed by atoms with Gasteiger partial charge in [-0.25, -0.2) is 28.3 Å². The van der Waals surface area contributed by atoms with Crippen LogP contribution in [0.2, 0.25) is 0 Å². The lowest BCUT2D eigenvalue weighted by Gasteiger charge is -2.29. The number of amides is 4. The molecular formula is C36H40F2N8O6. The zero-order chi connectivity index (χ0) is 37.3. The number of nitrogens with zero attached hydrogens (tertiary/aromatic N) is 5. The second kappa shape index (κ2) is 14.8. The number of carbonyl (C=O) groups is 4. The predicted octanol–water partition coefficient (Wildman–Crippen LogP) is 5.48. The van der Waals surface area contributed by atoms with E-state index in [4.69, 9.17) is 0 Å². The number of carbonyl (C=O) groups excluding carboxylic acids is 3. The van der Waals surface area contributed by atoms with E-state index in [0.717, 1.165) is 29.0 Å². The molecule has 0 unspecified atom stereocenters. The maximum Gasteiger partial charge on any atom is 0.407 e. The van der Waals surface area contributed by atoms with Crippen LogP contribution in [-0.4, -0.2) is 103 Å². The quantitative estimate of drug-likeness (QED) is 0.176. The van der Waals surface area contributed by atoms with Crippen LogP contribution in [0.3, 0.4) is 0 Å². The van der Waals surface area contributed by atoms with Crippen molar-refractivity contribution < 1.29 is 37.8 Å². The average molecular weight is 719 g/mol. The van der Waals surface area contributed by atoms with Crippen LogP contribution in [0.4, 0.5) is 18.4 Å². The van der Waals surface area contributed by atoms with Crippen molar-refractivity contribution in [1.82, 2.24) is 40.0 Å². The maximum atomic E-state index is 15.6. The van der Waals surface area contributed by atoms with Gasteiger partial charge < -0.3 is 34.9 Å². The zero-order valence-electron chi connectivity index (χ0n) is 29.2. The molecule has 274 valence electrons. The Morgan fingerprint density at radius 3 is 1.98 bits per heavy atom. The number of methoxy groups -OCH3 is 1. The van der Waals surface area contributed by atoms with Gasteiger partial charge in [0.15, 0.2) is 0 Å². The summed E-state index contributed by atoms with van der Waals surface area (Å²) in [6, 6.07) is 6.71. The number of benzene rings is 2. The molecule has 4 atom stereocenters. The van der Waals surface area contributed by atoms with Gasteiger partial charge in [-0.1, -0.05) is 24.3 Å². The van der Waals surface area contributed by atoms with E-state index in [1.807, 2.05) is 0 Å². The van der Waals surface area contributed by atoms with Gasteiger partial charge in [0.2, 0.25) is 11.8 Å². The Morgan fingerprint density at radius 2 is 1.38 bits per heavy atom. The molecule has 16 heteroatoms. The van der Waals surface area contributed by atoms with Gasteiger partial charge in [-0.05, 0) is 62.8 Å². The molecule has 4 heterocycles. The molecule has 0 radical (unpaired) electrons. The number of nitrogens with one attached hydrogen (secondary N) is 3. The first kappa shape index (κ1) is 36.0. The van der Waals surface area contributed by atoms with E-state index in [1.165, 1.54) is 20.4 Å². The third-order valence-corrected chi connectivity index (χ3v) is 9.88. The number of aromatic nitrogens is 4. The summed E-state index contributed by atoms with van der Waals surface area (Å²) in [5.74, 6) is -0.896. The van der Waals surface area contributed by atoms with Gasteiger partial charge in [0.05, 0.1) is 43.0 Å².